The maximum absolute atomic E-state index is 12.1. The molecule has 2 aliphatic rings. The smallest absolute Gasteiger partial charge is 0.224 e. The Morgan fingerprint density at radius 2 is 1.60 bits per heavy atom. The fourth-order valence-electron chi connectivity index (χ4n) is 3.33. The molecule has 2 aliphatic heterocycles. The zero-order chi connectivity index (χ0) is 17.4. The van der Waals surface area contributed by atoms with Gasteiger partial charge in [0.15, 0.2) is 0 Å². The van der Waals surface area contributed by atoms with Crippen molar-refractivity contribution in [2.45, 2.75) is 39.0 Å². The van der Waals surface area contributed by atoms with Crippen LogP contribution in [0.25, 0.3) is 0 Å². The Bertz CT molecular complexity index is 447. The molecule has 2 saturated heterocycles. The molecule has 2 N–H and O–H groups in total. The van der Waals surface area contributed by atoms with Crippen LogP contribution in [-0.4, -0.2) is 73.3 Å². The molecule has 0 aromatic carbocycles. The van der Waals surface area contributed by atoms with Crippen LogP contribution in [0.3, 0.4) is 0 Å². The minimum Gasteiger partial charge on any atom is -0.356 e. The molecular weight excluding hydrogens is 344 g/mol. The van der Waals surface area contributed by atoms with Crippen LogP contribution >= 0.6 is 12.4 Å². The van der Waals surface area contributed by atoms with E-state index in [2.05, 4.69) is 10.6 Å². The van der Waals surface area contributed by atoms with Crippen LogP contribution in [0.4, 0.5) is 0 Å². The van der Waals surface area contributed by atoms with E-state index in [1.807, 2.05) is 0 Å². The third-order valence-corrected chi connectivity index (χ3v) is 4.98. The van der Waals surface area contributed by atoms with Gasteiger partial charge in [-0.25, -0.2) is 0 Å². The topological polar surface area (TPSA) is 81.8 Å². The number of hydrogen-bond donors (Lipinski definition) is 2. The van der Waals surface area contributed by atoms with Crippen LogP contribution in [0.1, 0.15) is 39.0 Å². The number of piperidine rings is 1. The van der Waals surface area contributed by atoms with E-state index in [0.717, 1.165) is 32.4 Å². The van der Waals surface area contributed by atoms with E-state index in [1.54, 1.807) is 16.7 Å². The first kappa shape index (κ1) is 21.7. The SMILES string of the molecule is CC(=O)N1CCN(C(=O)CCNC(=O)CCC2CCNCC2)CC1.Cl. The second-order valence-corrected chi connectivity index (χ2v) is 6.72. The summed E-state index contributed by atoms with van der Waals surface area (Å²) in [5.41, 5.74) is 0. The largest absolute Gasteiger partial charge is 0.356 e. The summed E-state index contributed by atoms with van der Waals surface area (Å²) in [5, 5.41) is 6.18. The van der Waals surface area contributed by atoms with Gasteiger partial charge < -0.3 is 20.4 Å². The maximum Gasteiger partial charge on any atom is 0.224 e. The molecule has 0 atom stereocenters. The number of rotatable bonds is 6. The zero-order valence-corrected chi connectivity index (χ0v) is 15.9. The molecule has 2 rings (SSSR count). The van der Waals surface area contributed by atoms with Crippen LogP contribution in [0.5, 0.6) is 0 Å². The van der Waals surface area contributed by atoms with Crippen LogP contribution < -0.4 is 10.6 Å². The van der Waals surface area contributed by atoms with Crippen molar-refractivity contribution in [1.82, 2.24) is 20.4 Å². The molecule has 8 heteroatoms. The Labute approximate surface area is 156 Å². The predicted octanol–water partition coefficient (Wildman–Crippen LogP) is 0.385. The third-order valence-electron chi connectivity index (χ3n) is 4.98. The number of hydrogen-bond acceptors (Lipinski definition) is 4. The van der Waals surface area contributed by atoms with Crippen molar-refractivity contribution >= 4 is 30.1 Å². The Hall–Kier alpha value is -1.34. The van der Waals surface area contributed by atoms with Crippen molar-refractivity contribution in [2.24, 2.45) is 5.92 Å². The summed E-state index contributed by atoms with van der Waals surface area (Å²) >= 11 is 0. The van der Waals surface area contributed by atoms with Gasteiger partial charge in [0.25, 0.3) is 0 Å². The van der Waals surface area contributed by atoms with Crippen LogP contribution in [0, 0.1) is 5.92 Å². The van der Waals surface area contributed by atoms with Crippen molar-refractivity contribution in [3.05, 3.63) is 0 Å². The molecule has 0 spiro atoms. The minimum atomic E-state index is 0. The first-order valence-electron chi connectivity index (χ1n) is 9.07. The second-order valence-electron chi connectivity index (χ2n) is 6.72. The molecule has 25 heavy (non-hydrogen) atoms. The second kappa shape index (κ2) is 11.3. The quantitative estimate of drug-likeness (QED) is 0.704. The number of nitrogens with zero attached hydrogens (tertiary/aromatic N) is 2. The Balaban J connectivity index is 0.00000312. The molecule has 2 fully saturated rings. The van der Waals surface area contributed by atoms with Gasteiger partial charge in [0.1, 0.15) is 0 Å². The fourth-order valence-corrected chi connectivity index (χ4v) is 3.33. The van der Waals surface area contributed by atoms with Gasteiger partial charge in [-0.2, -0.15) is 0 Å². The number of halogens is 1. The van der Waals surface area contributed by atoms with E-state index in [4.69, 9.17) is 0 Å². The summed E-state index contributed by atoms with van der Waals surface area (Å²) < 4.78 is 0. The van der Waals surface area contributed by atoms with Gasteiger partial charge in [-0.15, -0.1) is 12.4 Å². The van der Waals surface area contributed by atoms with Crippen LogP contribution in [0.15, 0.2) is 0 Å². The molecular formula is C17H31ClN4O3. The summed E-state index contributed by atoms with van der Waals surface area (Å²) in [6.07, 6.45) is 4.12. The summed E-state index contributed by atoms with van der Waals surface area (Å²) in [6.45, 7) is 6.43. The average molecular weight is 375 g/mol. The Kier molecular flexibility index (Phi) is 9.82. The van der Waals surface area contributed by atoms with Gasteiger partial charge in [0.2, 0.25) is 17.7 Å². The number of carbonyl (C=O) groups excluding carboxylic acids is 3. The first-order valence-corrected chi connectivity index (χ1v) is 9.07. The lowest BCUT2D eigenvalue weighted by Gasteiger charge is -2.34. The lowest BCUT2D eigenvalue weighted by Crippen LogP contribution is -2.50. The van der Waals surface area contributed by atoms with E-state index in [9.17, 15) is 14.4 Å². The van der Waals surface area contributed by atoms with Gasteiger partial charge in [-0.3, -0.25) is 14.4 Å². The van der Waals surface area contributed by atoms with E-state index in [1.165, 1.54) is 0 Å². The molecule has 0 aromatic rings. The molecule has 7 nitrogen and oxygen atoms in total. The highest BCUT2D eigenvalue weighted by atomic mass is 35.5. The summed E-state index contributed by atoms with van der Waals surface area (Å²) in [7, 11) is 0. The molecule has 0 unspecified atom stereocenters. The van der Waals surface area contributed by atoms with E-state index in [0.29, 0.717) is 51.5 Å². The standard InChI is InChI=1S/C17H30N4O3.ClH/c1-14(22)20-10-12-21(13-11-20)17(24)6-9-19-16(23)3-2-15-4-7-18-8-5-15;/h15,18H,2-13H2,1H3,(H,19,23);1H. The van der Waals surface area contributed by atoms with Gasteiger partial charge in [0.05, 0.1) is 0 Å². The number of nitrogens with one attached hydrogen (secondary N) is 2. The molecule has 2 heterocycles. The van der Waals surface area contributed by atoms with E-state index in [-0.39, 0.29) is 30.1 Å². The molecule has 0 saturated carbocycles. The van der Waals surface area contributed by atoms with Gasteiger partial charge in [0, 0.05) is 52.5 Å². The maximum atomic E-state index is 12.1. The number of carbonyl (C=O) groups is 3. The Morgan fingerprint density at radius 3 is 2.20 bits per heavy atom. The van der Waals surface area contributed by atoms with Crippen molar-refractivity contribution < 1.29 is 14.4 Å². The fraction of sp³-hybridized carbons (Fsp3) is 0.824. The highest BCUT2D eigenvalue weighted by Crippen LogP contribution is 2.17. The van der Waals surface area contributed by atoms with E-state index < -0.39 is 0 Å². The lowest BCUT2D eigenvalue weighted by atomic mass is 9.93. The summed E-state index contributed by atoms with van der Waals surface area (Å²) in [4.78, 5) is 38.8. The molecule has 0 radical (unpaired) electrons. The van der Waals surface area contributed by atoms with E-state index >= 15 is 0 Å². The minimum absolute atomic E-state index is 0. The normalized spacial score (nSPS) is 18.4. The van der Waals surface area contributed by atoms with Crippen molar-refractivity contribution in [2.75, 3.05) is 45.8 Å². The third kappa shape index (κ3) is 7.61. The average Bonchev–Trinajstić information content (AvgIpc) is 2.61. The molecule has 144 valence electrons. The molecule has 0 bridgehead atoms. The molecule has 0 aliphatic carbocycles. The number of piperazine rings is 1. The molecule has 0 aromatic heterocycles. The summed E-state index contributed by atoms with van der Waals surface area (Å²) in [6, 6.07) is 0. The monoisotopic (exact) mass is 374 g/mol. The van der Waals surface area contributed by atoms with Crippen molar-refractivity contribution in [1.29, 1.82) is 0 Å². The predicted molar refractivity (Wildman–Crippen MR) is 98.5 cm³/mol. The number of amides is 3. The lowest BCUT2D eigenvalue weighted by molar-refractivity contribution is -0.138. The highest BCUT2D eigenvalue weighted by Gasteiger charge is 2.22. The van der Waals surface area contributed by atoms with Crippen LogP contribution in [0.2, 0.25) is 0 Å². The van der Waals surface area contributed by atoms with Gasteiger partial charge in [-0.1, -0.05) is 0 Å². The van der Waals surface area contributed by atoms with Crippen molar-refractivity contribution in [3.8, 4) is 0 Å². The molecule has 3 amide bonds. The van der Waals surface area contributed by atoms with Crippen molar-refractivity contribution in [3.63, 3.8) is 0 Å². The Morgan fingerprint density at radius 1 is 1.00 bits per heavy atom. The van der Waals surface area contributed by atoms with Gasteiger partial charge >= 0.3 is 0 Å². The van der Waals surface area contributed by atoms with Crippen LogP contribution in [-0.2, 0) is 14.4 Å². The summed E-state index contributed by atoms with van der Waals surface area (Å²) in [5.74, 6) is 0.805. The highest BCUT2D eigenvalue weighted by molar-refractivity contribution is 5.85. The first-order chi connectivity index (χ1) is 11.6. The van der Waals surface area contributed by atoms with Gasteiger partial charge in [-0.05, 0) is 38.3 Å². The zero-order valence-electron chi connectivity index (χ0n) is 15.1.